The standard InChI is InChI=1S/C13H24FN/c1-9-5-10(2)7-11(6-9)13(14)4-3-12(15)8-13/h9-12H,3-8,15H2,1-2H3. The first kappa shape index (κ1) is 11.4. The predicted octanol–water partition coefficient (Wildman–Crippen LogP) is 3.28. The molecule has 0 saturated heterocycles. The van der Waals surface area contributed by atoms with Crippen molar-refractivity contribution >= 4 is 0 Å². The van der Waals surface area contributed by atoms with Gasteiger partial charge in [-0.3, -0.25) is 0 Å². The quantitative estimate of drug-likeness (QED) is 0.710. The van der Waals surface area contributed by atoms with E-state index in [2.05, 4.69) is 13.8 Å². The first-order chi connectivity index (χ1) is 6.99. The zero-order valence-electron chi connectivity index (χ0n) is 10.0. The second kappa shape index (κ2) is 4.04. The highest BCUT2D eigenvalue weighted by atomic mass is 19.1. The van der Waals surface area contributed by atoms with Crippen LogP contribution in [0.1, 0.15) is 52.4 Å². The Morgan fingerprint density at radius 1 is 1.13 bits per heavy atom. The molecule has 0 aliphatic heterocycles. The minimum atomic E-state index is -0.928. The summed E-state index contributed by atoms with van der Waals surface area (Å²) >= 11 is 0. The number of rotatable bonds is 1. The second-order valence-electron chi connectivity index (χ2n) is 6.15. The molecule has 0 bridgehead atoms. The SMILES string of the molecule is CC1CC(C)CC(C2(F)CCC(N)C2)C1. The van der Waals surface area contributed by atoms with Crippen LogP contribution >= 0.6 is 0 Å². The van der Waals surface area contributed by atoms with Gasteiger partial charge in [0, 0.05) is 6.04 Å². The summed E-state index contributed by atoms with van der Waals surface area (Å²) in [6.07, 6.45) is 5.63. The number of halogens is 1. The number of alkyl halides is 1. The summed E-state index contributed by atoms with van der Waals surface area (Å²) in [4.78, 5) is 0. The van der Waals surface area contributed by atoms with E-state index in [1.165, 1.54) is 6.42 Å². The third kappa shape index (κ3) is 2.35. The number of nitrogens with two attached hydrogens (primary N) is 1. The van der Waals surface area contributed by atoms with E-state index >= 15 is 0 Å². The van der Waals surface area contributed by atoms with Crippen molar-refractivity contribution in [1.29, 1.82) is 0 Å². The first-order valence-corrected chi connectivity index (χ1v) is 6.44. The van der Waals surface area contributed by atoms with Gasteiger partial charge < -0.3 is 5.73 Å². The topological polar surface area (TPSA) is 26.0 Å². The van der Waals surface area contributed by atoms with E-state index in [-0.39, 0.29) is 12.0 Å². The van der Waals surface area contributed by atoms with Gasteiger partial charge >= 0.3 is 0 Å². The van der Waals surface area contributed by atoms with Gasteiger partial charge in [-0.15, -0.1) is 0 Å². The van der Waals surface area contributed by atoms with Crippen LogP contribution in [0.15, 0.2) is 0 Å². The predicted molar refractivity (Wildman–Crippen MR) is 61.3 cm³/mol. The molecule has 2 aliphatic carbocycles. The lowest BCUT2D eigenvalue weighted by molar-refractivity contribution is 0.0324. The van der Waals surface area contributed by atoms with Crippen molar-refractivity contribution in [1.82, 2.24) is 0 Å². The maximum Gasteiger partial charge on any atom is 0.115 e. The van der Waals surface area contributed by atoms with E-state index in [0.29, 0.717) is 24.7 Å². The van der Waals surface area contributed by atoms with Crippen LogP contribution in [0, 0.1) is 17.8 Å². The summed E-state index contributed by atoms with van der Waals surface area (Å²) < 4.78 is 14.7. The molecule has 15 heavy (non-hydrogen) atoms. The zero-order valence-corrected chi connectivity index (χ0v) is 10.0. The lowest BCUT2D eigenvalue weighted by Gasteiger charge is -2.38. The molecule has 0 radical (unpaired) electrons. The highest BCUT2D eigenvalue weighted by Crippen LogP contribution is 2.47. The fourth-order valence-electron chi connectivity index (χ4n) is 3.81. The van der Waals surface area contributed by atoms with Crippen molar-refractivity contribution in [3.05, 3.63) is 0 Å². The van der Waals surface area contributed by atoms with Gasteiger partial charge in [0.1, 0.15) is 5.67 Å². The summed E-state index contributed by atoms with van der Waals surface area (Å²) in [6, 6.07) is 0.113. The van der Waals surface area contributed by atoms with Crippen molar-refractivity contribution in [3.8, 4) is 0 Å². The van der Waals surface area contributed by atoms with Crippen molar-refractivity contribution < 1.29 is 4.39 Å². The monoisotopic (exact) mass is 213 g/mol. The van der Waals surface area contributed by atoms with Gasteiger partial charge in [0.15, 0.2) is 0 Å². The normalized spacial score (nSPS) is 52.0. The number of hydrogen-bond donors (Lipinski definition) is 1. The summed E-state index contributed by atoms with van der Waals surface area (Å²) in [5.41, 5.74) is 4.92. The highest BCUT2D eigenvalue weighted by Gasteiger charge is 2.46. The van der Waals surface area contributed by atoms with Gasteiger partial charge in [-0.05, 0) is 56.3 Å². The molecule has 88 valence electrons. The molecule has 2 saturated carbocycles. The van der Waals surface area contributed by atoms with Crippen LogP contribution in [-0.2, 0) is 0 Å². The molecule has 0 aromatic heterocycles. The van der Waals surface area contributed by atoms with Crippen LogP contribution in [0.3, 0.4) is 0 Å². The van der Waals surface area contributed by atoms with Gasteiger partial charge in [0.25, 0.3) is 0 Å². The largest absolute Gasteiger partial charge is 0.328 e. The Balaban J connectivity index is 2.03. The lowest BCUT2D eigenvalue weighted by atomic mass is 9.69. The molecule has 0 amide bonds. The minimum absolute atomic E-state index is 0.113. The third-order valence-corrected chi connectivity index (χ3v) is 4.44. The fourth-order valence-corrected chi connectivity index (χ4v) is 3.81. The molecule has 0 aromatic rings. The molecule has 4 atom stereocenters. The molecule has 4 unspecified atom stereocenters. The average molecular weight is 213 g/mol. The highest BCUT2D eigenvalue weighted by molar-refractivity contribution is 4.98. The average Bonchev–Trinajstić information content (AvgIpc) is 2.46. The molecule has 0 spiro atoms. The van der Waals surface area contributed by atoms with Gasteiger partial charge in [-0.2, -0.15) is 0 Å². The van der Waals surface area contributed by atoms with E-state index in [0.717, 1.165) is 19.3 Å². The molecule has 1 nitrogen and oxygen atoms in total. The fraction of sp³-hybridized carbons (Fsp3) is 1.00. The molecule has 2 fully saturated rings. The van der Waals surface area contributed by atoms with Gasteiger partial charge in [-0.1, -0.05) is 13.8 Å². The molecular formula is C13H24FN. The third-order valence-electron chi connectivity index (χ3n) is 4.44. The Kier molecular flexibility index (Phi) is 3.07. The molecule has 2 heteroatoms. The molecular weight excluding hydrogens is 189 g/mol. The number of hydrogen-bond acceptors (Lipinski definition) is 1. The Morgan fingerprint density at radius 3 is 2.20 bits per heavy atom. The van der Waals surface area contributed by atoms with Crippen LogP contribution in [0.2, 0.25) is 0 Å². The lowest BCUT2D eigenvalue weighted by Crippen LogP contribution is -2.37. The molecule has 0 aromatic carbocycles. The first-order valence-electron chi connectivity index (χ1n) is 6.44. The maximum absolute atomic E-state index is 14.7. The van der Waals surface area contributed by atoms with Crippen molar-refractivity contribution in [2.24, 2.45) is 23.5 Å². The van der Waals surface area contributed by atoms with E-state index < -0.39 is 5.67 Å². The Labute approximate surface area is 92.6 Å². The van der Waals surface area contributed by atoms with E-state index in [4.69, 9.17) is 5.73 Å². The van der Waals surface area contributed by atoms with Gasteiger partial charge in [-0.25, -0.2) is 4.39 Å². The van der Waals surface area contributed by atoms with Crippen LogP contribution in [0.5, 0.6) is 0 Å². The summed E-state index contributed by atoms with van der Waals surface area (Å²) in [5.74, 6) is 1.68. The summed E-state index contributed by atoms with van der Waals surface area (Å²) in [6.45, 7) is 4.53. The van der Waals surface area contributed by atoms with Crippen LogP contribution < -0.4 is 5.73 Å². The van der Waals surface area contributed by atoms with Gasteiger partial charge in [0.2, 0.25) is 0 Å². The van der Waals surface area contributed by atoms with Gasteiger partial charge in [0.05, 0.1) is 0 Å². The molecule has 2 aliphatic rings. The van der Waals surface area contributed by atoms with Crippen LogP contribution in [0.25, 0.3) is 0 Å². The Morgan fingerprint density at radius 2 is 1.73 bits per heavy atom. The zero-order chi connectivity index (χ0) is 11.1. The Hall–Kier alpha value is -0.110. The molecule has 2 rings (SSSR count). The van der Waals surface area contributed by atoms with Crippen LogP contribution in [0.4, 0.5) is 4.39 Å². The van der Waals surface area contributed by atoms with Crippen molar-refractivity contribution in [2.75, 3.05) is 0 Å². The summed E-state index contributed by atoms with van der Waals surface area (Å²) in [5, 5.41) is 0. The Bertz CT molecular complexity index is 221. The van der Waals surface area contributed by atoms with E-state index in [9.17, 15) is 4.39 Å². The van der Waals surface area contributed by atoms with Crippen molar-refractivity contribution in [2.45, 2.75) is 64.1 Å². The van der Waals surface area contributed by atoms with E-state index in [1.807, 2.05) is 0 Å². The molecule has 0 heterocycles. The second-order valence-corrected chi connectivity index (χ2v) is 6.15. The summed E-state index contributed by atoms with van der Waals surface area (Å²) in [7, 11) is 0. The minimum Gasteiger partial charge on any atom is -0.328 e. The van der Waals surface area contributed by atoms with Crippen LogP contribution in [-0.4, -0.2) is 11.7 Å². The maximum atomic E-state index is 14.7. The van der Waals surface area contributed by atoms with Crippen molar-refractivity contribution in [3.63, 3.8) is 0 Å². The molecule has 2 N–H and O–H groups in total. The smallest absolute Gasteiger partial charge is 0.115 e. The van der Waals surface area contributed by atoms with E-state index in [1.54, 1.807) is 0 Å².